The smallest absolute Gasteiger partial charge is 0.244 e. The van der Waals surface area contributed by atoms with Crippen molar-refractivity contribution in [1.29, 1.82) is 0 Å². The zero-order valence-electron chi connectivity index (χ0n) is 10.3. The summed E-state index contributed by atoms with van der Waals surface area (Å²) in [5.41, 5.74) is 0. The number of likely N-dealkylation sites (tertiary alicyclic amines) is 1. The Hall–Kier alpha value is -1.75. The van der Waals surface area contributed by atoms with Crippen LogP contribution in [0, 0.1) is 0 Å². The molecule has 100 valence electrons. The topological polar surface area (TPSA) is 51.3 Å². The summed E-state index contributed by atoms with van der Waals surface area (Å²) in [6.45, 7) is 0.975. The number of hydrogen-bond donors (Lipinski definition) is 0. The number of rotatable bonds is 3. The van der Waals surface area contributed by atoms with Crippen molar-refractivity contribution < 1.29 is 9.21 Å². The molecule has 1 atom stereocenters. The lowest BCUT2D eigenvalue weighted by Crippen LogP contribution is -2.33. The molecule has 19 heavy (non-hydrogen) atoms. The Morgan fingerprint density at radius 3 is 3.16 bits per heavy atom. The third-order valence-corrected chi connectivity index (χ3v) is 3.54. The predicted octanol–water partition coefficient (Wildman–Crippen LogP) is 2.49. The van der Waals surface area contributed by atoms with Gasteiger partial charge in [-0.15, -0.1) is 0 Å². The molecule has 6 heteroatoms. The molecule has 1 saturated heterocycles. The molecule has 0 saturated carbocycles. The van der Waals surface area contributed by atoms with Crippen LogP contribution in [0.25, 0.3) is 0 Å². The molecule has 1 aliphatic heterocycles. The zero-order valence-corrected chi connectivity index (χ0v) is 11.1. The van der Waals surface area contributed by atoms with E-state index in [2.05, 4.69) is 5.10 Å². The van der Waals surface area contributed by atoms with Gasteiger partial charge < -0.3 is 9.32 Å². The Kier molecular flexibility index (Phi) is 3.29. The molecule has 2 aromatic rings. The lowest BCUT2D eigenvalue weighted by molar-refractivity contribution is -0.133. The molecular weight excluding hydrogens is 266 g/mol. The van der Waals surface area contributed by atoms with Gasteiger partial charge in [0.15, 0.2) is 0 Å². The van der Waals surface area contributed by atoms with Crippen LogP contribution in [0.3, 0.4) is 0 Å². The molecule has 1 aliphatic rings. The molecule has 2 aromatic heterocycles. The first kappa shape index (κ1) is 12.3. The summed E-state index contributed by atoms with van der Waals surface area (Å²) in [6, 6.07) is 3.82. The summed E-state index contributed by atoms with van der Waals surface area (Å²) in [4.78, 5) is 14.2. The molecule has 1 amide bonds. The van der Waals surface area contributed by atoms with E-state index in [4.69, 9.17) is 16.0 Å². The highest BCUT2D eigenvalue weighted by Crippen LogP contribution is 2.32. The van der Waals surface area contributed by atoms with Gasteiger partial charge >= 0.3 is 0 Å². The fraction of sp³-hybridized carbons (Fsp3) is 0.385. The number of carbonyl (C=O) groups is 1. The van der Waals surface area contributed by atoms with Crippen molar-refractivity contribution in [1.82, 2.24) is 14.7 Å². The van der Waals surface area contributed by atoms with Crippen LogP contribution in [0.5, 0.6) is 0 Å². The van der Waals surface area contributed by atoms with Gasteiger partial charge in [0.2, 0.25) is 5.91 Å². The Balaban J connectivity index is 1.72. The van der Waals surface area contributed by atoms with E-state index in [0.717, 1.165) is 25.1 Å². The first-order valence-electron chi connectivity index (χ1n) is 6.25. The summed E-state index contributed by atoms with van der Waals surface area (Å²) in [5.74, 6) is 0.892. The Labute approximate surface area is 115 Å². The van der Waals surface area contributed by atoms with Crippen LogP contribution in [-0.2, 0) is 11.3 Å². The molecule has 0 spiro atoms. The molecule has 3 rings (SSSR count). The van der Waals surface area contributed by atoms with Gasteiger partial charge in [0.25, 0.3) is 0 Å². The molecule has 0 N–H and O–H groups in total. The maximum atomic E-state index is 12.3. The van der Waals surface area contributed by atoms with Gasteiger partial charge in [-0.2, -0.15) is 5.10 Å². The Morgan fingerprint density at radius 2 is 2.47 bits per heavy atom. The van der Waals surface area contributed by atoms with Gasteiger partial charge in [-0.25, -0.2) is 0 Å². The van der Waals surface area contributed by atoms with Gasteiger partial charge in [-0.05, 0) is 25.0 Å². The summed E-state index contributed by atoms with van der Waals surface area (Å²) in [5, 5.41) is 4.57. The van der Waals surface area contributed by atoms with Crippen molar-refractivity contribution in [2.75, 3.05) is 6.54 Å². The van der Waals surface area contributed by atoms with Gasteiger partial charge in [0, 0.05) is 12.7 Å². The molecule has 0 aromatic carbocycles. The van der Waals surface area contributed by atoms with E-state index in [1.54, 1.807) is 17.1 Å². The summed E-state index contributed by atoms with van der Waals surface area (Å²) >= 11 is 5.79. The van der Waals surface area contributed by atoms with Gasteiger partial charge in [-0.3, -0.25) is 9.48 Å². The first-order chi connectivity index (χ1) is 9.24. The quantitative estimate of drug-likeness (QED) is 0.867. The van der Waals surface area contributed by atoms with Crippen LogP contribution in [0.4, 0.5) is 0 Å². The number of carbonyl (C=O) groups excluding carboxylic acids is 1. The largest absolute Gasteiger partial charge is 0.467 e. The lowest BCUT2D eigenvalue weighted by Gasteiger charge is -2.23. The van der Waals surface area contributed by atoms with Gasteiger partial charge in [0.05, 0.1) is 23.5 Å². The molecule has 0 bridgehead atoms. The van der Waals surface area contributed by atoms with Crippen molar-refractivity contribution in [2.45, 2.75) is 25.4 Å². The second-order valence-electron chi connectivity index (χ2n) is 4.62. The first-order valence-corrected chi connectivity index (χ1v) is 6.62. The van der Waals surface area contributed by atoms with E-state index >= 15 is 0 Å². The number of hydrogen-bond acceptors (Lipinski definition) is 3. The highest BCUT2D eigenvalue weighted by Gasteiger charge is 2.31. The molecule has 0 radical (unpaired) electrons. The Bertz CT molecular complexity index is 564. The van der Waals surface area contributed by atoms with Crippen LogP contribution >= 0.6 is 11.6 Å². The fourth-order valence-corrected chi connectivity index (χ4v) is 2.65. The standard InChI is InChI=1S/C13H14ClN3O2/c14-10-7-15-16(8-10)9-13(18)17-5-1-3-11(17)12-4-2-6-19-12/h2,4,6-8,11H,1,3,5,9H2/t11-/m1/s1. The van der Waals surface area contributed by atoms with Crippen molar-refractivity contribution in [2.24, 2.45) is 0 Å². The normalized spacial score (nSPS) is 19.0. The van der Waals surface area contributed by atoms with E-state index in [0.29, 0.717) is 5.02 Å². The highest BCUT2D eigenvalue weighted by molar-refractivity contribution is 6.30. The van der Waals surface area contributed by atoms with Crippen LogP contribution in [0.2, 0.25) is 5.02 Å². The summed E-state index contributed by atoms with van der Waals surface area (Å²) in [6.07, 6.45) is 6.76. The van der Waals surface area contributed by atoms with Crippen LogP contribution in [0.15, 0.2) is 35.2 Å². The van der Waals surface area contributed by atoms with E-state index in [1.165, 1.54) is 6.20 Å². The van der Waals surface area contributed by atoms with E-state index in [9.17, 15) is 4.79 Å². The van der Waals surface area contributed by atoms with E-state index < -0.39 is 0 Å². The average Bonchev–Trinajstić information content (AvgIpc) is 3.07. The highest BCUT2D eigenvalue weighted by atomic mass is 35.5. The van der Waals surface area contributed by atoms with Crippen LogP contribution in [-0.4, -0.2) is 27.1 Å². The number of nitrogens with zero attached hydrogens (tertiary/aromatic N) is 3. The molecule has 1 fully saturated rings. The minimum Gasteiger partial charge on any atom is -0.467 e. The molecule has 0 unspecified atom stereocenters. The fourth-order valence-electron chi connectivity index (χ4n) is 2.50. The van der Waals surface area contributed by atoms with Crippen molar-refractivity contribution in [3.8, 4) is 0 Å². The minimum absolute atomic E-state index is 0.0404. The molecule has 5 nitrogen and oxygen atoms in total. The minimum atomic E-state index is 0.0404. The summed E-state index contributed by atoms with van der Waals surface area (Å²) in [7, 11) is 0. The second-order valence-corrected chi connectivity index (χ2v) is 5.05. The maximum absolute atomic E-state index is 12.3. The zero-order chi connectivity index (χ0) is 13.2. The predicted molar refractivity (Wildman–Crippen MR) is 69.6 cm³/mol. The lowest BCUT2D eigenvalue weighted by atomic mass is 10.1. The van der Waals surface area contributed by atoms with Gasteiger partial charge in [-0.1, -0.05) is 11.6 Å². The number of furan rings is 1. The van der Waals surface area contributed by atoms with Crippen LogP contribution < -0.4 is 0 Å². The van der Waals surface area contributed by atoms with E-state index in [-0.39, 0.29) is 18.5 Å². The van der Waals surface area contributed by atoms with Crippen molar-refractivity contribution in [3.05, 3.63) is 41.6 Å². The third kappa shape index (κ3) is 2.51. The summed E-state index contributed by atoms with van der Waals surface area (Å²) < 4.78 is 6.97. The van der Waals surface area contributed by atoms with E-state index in [1.807, 2.05) is 17.0 Å². The van der Waals surface area contributed by atoms with Gasteiger partial charge in [0.1, 0.15) is 12.3 Å². The number of halogens is 1. The maximum Gasteiger partial charge on any atom is 0.244 e. The number of aromatic nitrogens is 2. The Morgan fingerprint density at radius 1 is 1.58 bits per heavy atom. The van der Waals surface area contributed by atoms with Crippen LogP contribution in [0.1, 0.15) is 24.6 Å². The monoisotopic (exact) mass is 279 g/mol. The van der Waals surface area contributed by atoms with Crippen molar-refractivity contribution >= 4 is 17.5 Å². The van der Waals surface area contributed by atoms with Crippen molar-refractivity contribution in [3.63, 3.8) is 0 Å². The molecular formula is C13H14ClN3O2. The molecule has 3 heterocycles. The number of amides is 1. The third-order valence-electron chi connectivity index (χ3n) is 3.34. The second kappa shape index (κ2) is 5.09. The molecule has 0 aliphatic carbocycles. The SMILES string of the molecule is O=C(Cn1cc(Cl)cn1)N1CCC[C@@H]1c1ccco1. The average molecular weight is 280 g/mol.